The van der Waals surface area contributed by atoms with Gasteiger partial charge in [-0.3, -0.25) is 4.79 Å². The maximum Gasteiger partial charge on any atom is 0.307 e. The van der Waals surface area contributed by atoms with E-state index >= 15 is 0 Å². The molecular weight excluding hydrogens is 416 g/mol. The van der Waals surface area contributed by atoms with Crippen LogP contribution < -0.4 is 0 Å². The number of fused-ring (bicyclic) bond motifs is 5. The molecule has 2 heteroatoms. The molecule has 0 aromatic carbocycles. The van der Waals surface area contributed by atoms with Crippen LogP contribution in [0.4, 0.5) is 0 Å². The highest BCUT2D eigenvalue weighted by Gasteiger charge is 2.67. The third kappa shape index (κ3) is 3.85. The van der Waals surface area contributed by atoms with Crippen molar-refractivity contribution >= 4 is 5.97 Å². The Morgan fingerprint density at radius 2 is 1.68 bits per heavy atom. The first-order valence-corrected chi connectivity index (χ1v) is 14.4. The van der Waals surface area contributed by atoms with Crippen LogP contribution in [0.5, 0.6) is 0 Å². The van der Waals surface area contributed by atoms with E-state index in [2.05, 4.69) is 67.5 Å². The van der Waals surface area contributed by atoms with E-state index in [9.17, 15) is 4.79 Å². The molecule has 2 fully saturated rings. The first-order chi connectivity index (χ1) is 15.8. The Balaban J connectivity index is 1.67. The Kier molecular flexibility index (Phi) is 6.74. The fourth-order valence-corrected chi connectivity index (χ4v) is 9.64. The molecule has 34 heavy (non-hydrogen) atoms. The van der Waals surface area contributed by atoms with E-state index in [1.54, 1.807) is 6.92 Å². The standard InChI is InChI=1S/C32H52O2/c1-21(2)11-10-12-22(3)24-15-19-30(7)25(24)13-14-27-31(30,8)20-16-26-29(5,6)18-17-28(32(26,27)9)34-23(4)33/h16-17,21-22,24-25,27H,10-15,18-20H2,1-9H3/t22-,24-,25-,27+,30-,31-,32+/m1/s1. The first-order valence-electron chi connectivity index (χ1n) is 14.4. The summed E-state index contributed by atoms with van der Waals surface area (Å²) in [6.45, 7) is 21.3. The largest absolute Gasteiger partial charge is 0.431 e. The summed E-state index contributed by atoms with van der Waals surface area (Å²) in [5, 5.41) is 0. The van der Waals surface area contributed by atoms with Crippen LogP contribution in [0.2, 0.25) is 0 Å². The lowest BCUT2D eigenvalue weighted by Crippen LogP contribution is -2.59. The van der Waals surface area contributed by atoms with Crippen LogP contribution in [-0.2, 0) is 9.53 Å². The number of esters is 1. The van der Waals surface area contributed by atoms with Crippen molar-refractivity contribution in [2.75, 3.05) is 0 Å². The zero-order valence-corrected chi connectivity index (χ0v) is 23.7. The molecule has 4 aliphatic rings. The summed E-state index contributed by atoms with van der Waals surface area (Å²) in [5.41, 5.74) is 2.09. The third-order valence-electron chi connectivity index (χ3n) is 11.6. The monoisotopic (exact) mass is 468 g/mol. The van der Waals surface area contributed by atoms with Crippen molar-refractivity contribution in [3.05, 3.63) is 23.5 Å². The van der Waals surface area contributed by atoms with E-state index in [0.717, 1.165) is 35.9 Å². The van der Waals surface area contributed by atoms with Gasteiger partial charge in [0.15, 0.2) is 0 Å². The molecule has 2 nitrogen and oxygen atoms in total. The highest BCUT2D eigenvalue weighted by molar-refractivity contribution is 5.68. The summed E-state index contributed by atoms with van der Waals surface area (Å²) in [6, 6.07) is 0. The normalized spacial score (nSPS) is 41.6. The molecule has 192 valence electrons. The average molecular weight is 469 g/mol. The zero-order chi connectivity index (χ0) is 25.1. The molecule has 0 amide bonds. The maximum absolute atomic E-state index is 12.1. The summed E-state index contributed by atoms with van der Waals surface area (Å²) >= 11 is 0. The van der Waals surface area contributed by atoms with Gasteiger partial charge in [0.1, 0.15) is 5.76 Å². The predicted molar refractivity (Wildman–Crippen MR) is 142 cm³/mol. The number of hydrogen-bond donors (Lipinski definition) is 0. The minimum absolute atomic E-state index is 0.126. The number of rotatable bonds is 6. The molecule has 4 aliphatic carbocycles. The number of ether oxygens (including phenoxy) is 1. The van der Waals surface area contributed by atoms with Gasteiger partial charge in [0.25, 0.3) is 0 Å². The number of carbonyl (C=O) groups is 1. The zero-order valence-electron chi connectivity index (χ0n) is 23.7. The lowest BCUT2D eigenvalue weighted by Gasteiger charge is -2.65. The highest BCUT2D eigenvalue weighted by atomic mass is 16.5. The van der Waals surface area contributed by atoms with Crippen LogP contribution >= 0.6 is 0 Å². The molecule has 0 aromatic heterocycles. The van der Waals surface area contributed by atoms with Crippen molar-refractivity contribution < 1.29 is 9.53 Å². The Morgan fingerprint density at radius 3 is 2.32 bits per heavy atom. The summed E-state index contributed by atoms with van der Waals surface area (Å²) in [7, 11) is 0. The maximum atomic E-state index is 12.1. The summed E-state index contributed by atoms with van der Waals surface area (Å²) in [6.07, 6.45) is 16.5. The van der Waals surface area contributed by atoms with Crippen molar-refractivity contribution in [1.82, 2.24) is 0 Å². The predicted octanol–water partition coefficient (Wildman–Crippen LogP) is 9.11. The van der Waals surface area contributed by atoms with Gasteiger partial charge >= 0.3 is 5.97 Å². The molecule has 0 bridgehead atoms. The Hall–Kier alpha value is -1.05. The first kappa shape index (κ1) is 26.0. The molecular formula is C32H52O2. The minimum Gasteiger partial charge on any atom is -0.431 e. The van der Waals surface area contributed by atoms with E-state index in [1.807, 2.05) is 0 Å². The summed E-state index contributed by atoms with van der Waals surface area (Å²) in [4.78, 5) is 12.1. The van der Waals surface area contributed by atoms with Crippen molar-refractivity contribution in [3.63, 3.8) is 0 Å². The molecule has 0 spiro atoms. The minimum atomic E-state index is -0.171. The van der Waals surface area contributed by atoms with Crippen molar-refractivity contribution in [1.29, 1.82) is 0 Å². The van der Waals surface area contributed by atoms with Crippen LogP contribution in [0.3, 0.4) is 0 Å². The van der Waals surface area contributed by atoms with E-state index in [-0.39, 0.29) is 22.2 Å². The van der Waals surface area contributed by atoms with Crippen LogP contribution in [0.15, 0.2) is 23.5 Å². The van der Waals surface area contributed by atoms with E-state index in [0.29, 0.717) is 11.3 Å². The Morgan fingerprint density at radius 1 is 0.971 bits per heavy atom. The fourth-order valence-electron chi connectivity index (χ4n) is 9.64. The van der Waals surface area contributed by atoms with E-state index < -0.39 is 0 Å². The van der Waals surface area contributed by atoms with Crippen LogP contribution in [0, 0.1) is 51.2 Å². The lowest BCUT2D eigenvalue weighted by molar-refractivity contribution is -0.148. The van der Waals surface area contributed by atoms with Crippen LogP contribution in [-0.4, -0.2) is 5.97 Å². The van der Waals surface area contributed by atoms with Gasteiger partial charge in [-0.2, -0.15) is 0 Å². The fraction of sp³-hybridized carbons (Fsp3) is 0.844. The molecule has 4 rings (SSSR count). The molecule has 0 heterocycles. The van der Waals surface area contributed by atoms with Gasteiger partial charge in [0, 0.05) is 6.92 Å². The summed E-state index contributed by atoms with van der Waals surface area (Å²) < 4.78 is 6.00. The Labute approximate surface area is 210 Å². The van der Waals surface area contributed by atoms with Crippen molar-refractivity contribution in [2.24, 2.45) is 51.2 Å². The van der Waals surface area contributed by atoms with Crippen LogP contribution in [0.25, 0.3) is 0 Å². The van der Waals surface area contributed by atoms with E-state index in [4.69, 9.17) is 4.74 Å². The van der Waals surface area contributed by atoms with Gasteiger partial charge in [-0.05, 0) is 97.4 Å². The number of carbonyl (C=O) groups excluding carboxylic acids is 1. The van der Waals surface area contributed by atoms with Crippen molar-refractivity contribution in [2.45, 2.75) is 120 Å². The van der Waals surface area contributed by atoms with Gasteiger partial charge in [-0.15, -0.1) is 0 Å². The third-order valence-corrected chi connectivity index (χ3v) is 11.6. The lowest BCUT2D eigenvalue weighted by atomic mass is 9.39. The molecule has 0 unspecified atom stereocenters. The van der Waals surface area contributed by atoms with Gasteiger partial charge in [-0.25, -0.2) is 0 Å². The smallest absolute Gasteiger partial charge is 0.307 e. The average Bonchev–Trinajstić information content (AvgIpc) is 3.08. The number of allylic oxidation sites excluding steroid dienone is 3. The van der Waals surface area contributed by atoms with E-state index in [1.165, 1.54) is 56.9 Å². The quantitative estimate of drug-likeness (QED) is 0.287. The second kappa shape index (κ2) is 8.81. The molecule has 0 saturated heterocycles. The second-order valence-electron chi connectivity index (χ2n) is 14.4. The van der Waals surface area contributed by atoms with Gasteiger partial charge in [0.2, 0.25) is 0 Å². The highest BCUT2D eigenvalue weighted by Crippen LogP contribution is 2.74. The second-order valence-corrected chi connectivity index (χ2v) is 14.4. The SMILES string of the molecule is CC(=O)OC1=CCC(C)(C)C2=CC[C@]3(C)[C@H](CC[C@@H]4[C@@H]([C@H](C)CCCC(C)C)CC[C@]43C)[C@@]12C. The summed E-state index contributed by atoms with van der Waals surface area (Å²) in [5.74, 6) is 4.66. The molecule has 0 radical (unpaired) electrons. The van der Waals surface area contributed by atoms with Crippen molar-refractivity contribution in [3.8, 4) is 0 Å². The van der Waals surface area contributed by atoms with Gasteiger partial charge < -0.3 is 4.74 Å². The topological polar surface area (TPSA) is 26.3 Å². The molecule has 0 aliphatic heterocycles. The van der Waals surface area contributed by atoms with Gasteiger partial charge in [0.05, 0.1) is 5.41 Å². The number of hydrogen-bond acceptors (Lipinski definition) is 2. The Bertz CT molecular complexity index is 862. The molecule has 0 N–H and O–H groups in total. The molecule has 2 saturated carbocycles. The van der Waals surface area contributed by atoms with Gasteiger partial charge in [-0.1, -0.05) is 79.4 Å². The molecule has 7 atom stereocenters. The van der Waals surface area contributed by atoms with Crippen LogP contribution in [0.1, 0.15) is 120 Å². The molecule has 0 aromatic rings.